The number of nitrogens with zero attached hydrogens (tertiary/aromatic N) is 3. The van der Waals surface area contributed by atoms with Crippen LogP contribution in [0.1, 0.15) is 54.7 Å². The maximum Gasteiger partial charge on any atom is 0.223 e. The first-order valence-electron chi connectivity index (χ1n) is 12.8. The summed E-state index contributed by atoms with van der Waals surface area (Å²) >= 11 is 0. The number of fused-ring (bicyclic) bond motifs is 1. The van der Waals surface area contributed by atoms with Crippen LogP contribution in [-0.2, 0) is 9.53 Å². The van der Waals surface area contributed by atoms with E-state index in [0.29, 0.717) is 6.61 Å². The highest BCUT2D eigenvalue weighted by atomic mass is 16.5. The molecule has 6 heteroatoms. The highest BCUT2D eigenvalue weighted by Crippen LogP contribution is 2.40. The molecule has 3 fully saturated rings. The Morgan fingerprint density at radius 2 is 1.74 bits per heavy atom. The molecule has 1 atom stereocenters. The molecule has 1 unspecified atom stereocenters. The maximum atomic E-state index is 12.8. The van der Waals surface area contributed by atoms with E-state index in [4.69, 9.17) is 9.72 Å². The van der Waals surface area contributed by atoms with Crippen molar-refractivity contribution >= 4 is 22.9 Å². The zero-order valence-electron chi connectivity index (χ0n) is 20.2. The standard InChI is InChI=1S/C28H34N4O2/c1-18-15-25-26(16-19(18)2)32(24-7-5-21(6-8-24)20-3-4-20)28(30-25)31-12-9-22(10-13-31)27(33)29-23-11-14-34-17-23/h5-8,15-16,20,22-23H,3-4,9-14,17H2,1-2H3,(H,29,33). The number of benzene rings is 2. The van der Waals surface area contributed by atoms with E-state index in [-0.39, 0.29) is 17.9 Å². The van der Waals surface area contributed by atoms with Crippen LogP contribution in [-0.4, -0.2) is 47.8 Å². The van der Waals surface area contributed by atoms with Crippen LogP contribution in [0.2, 0.25) is 0 Å². The molecule has 2 saturated heterocycles. The smallest absolute Gasteiger partial charge is 0.223 e. The number of aromatic nitrogens is 2. The third kappa shape index (κ3) is 4.09. The van der Waals surface area contributed by atoms with Gasteiger partial charge >= 0.3 is 0 Å². The summed E-state index contributed by atoms with van der Waals surface area (Å²) in [6.07, 6.45) is 5.25. The molecule has 0 bridgehead atoms. The first-order chi connectivity index (χ1) is 16.6. The molecule has 2 aliphatic heterocycles. The number of anilines is 1. The first kappa shape index (κ1) is 21.7. The zero-order valence-corrected chi connectivity index (χ0v) is 20.2. The van der Waals surface area contributed by atoms with Crippen molar-refractivity contribution in [2.75, 3.05) is 31.2 Å². The Balaban J connectivity index is 1.28. The predicted molar refractivity (Wildman–Crippen MR) is 135 cm³/mol. The largest absolute Gasteiger partial charge is 0.379 e. The summed E-state index contributed by atoms with van der Waals surface area (Å²) in [6.45, 7) is 7.38. The molecular formula is C28H34N4O2. The van der Waals surface area contributed by atoms with Gasteiger partial charge in [0.15, 0.2) is 0 Å². The monoisotopic (exact) mass is 458 g/mol. The highest BCUT2D eigenvalue weighted by Gasteiger charge is 2.30. The van der Waals surface area contributed by atoms with Crippen LogP contribution in [0.3, 0.4) is 0 Å². The summed E-state index contributed by atoms with van der Waals surface area (Å²) in [4.78, 5) is 20.3. The Morgan fingerprint density at radius 3 is 2.41 bits per heavy atom. The molecular weight excluding hydrogens is 424 g/mol. The van der Waals surface area contributed by atoms with Gasteiger partial charge in [0.05, 0.1) is 23.7 Å². The van der Waals surface area contributed by atoms with Crippen LogP contribution in [0.5, 0.6) is 0 Å². The van der Waals surface area contributed by atoms with E-state index in [9.17, 15) is 4.79 Å². The molecule has 3 heterocycles. The van der Waals surface area contributed by atoms with E-state index in [1.54, 1.807) is 0 Å². The molecule has 1 amide bonds. The lowest BCUT2D eigenvalue weighted by atomic mass is 9.95. The summed E-state index contributed by atoms with van der Waals surface area (Å²) in [5.74, 6) is 1.99. The lowest BCUT2D eigenvalue weighted by molar-refractivity contribution is -0.126. The van der Waals surface area contributed by atoms with Gasteiger partial charge in [-0.1, -0.05) is 12.1 Å². The van der Waals surface area contributed by atoms with Gasteiger partial charge in [-0.15, -0.1) is 0 Å². The molecule has 1 aromatic heterocycles. The Hall–Kier alpha value is -2.86. The Kier molecular flexibility index (Phi) is 5.56. The molecule has 34 heavy (non-hydrogen) atoms. The molecule has 0 radical (unpaired) electrons. The van der Waals surface area contributed by atoms with E-state index >= 15 is 0 Å². The number of rotatable bonds is 5. The van der Waals surface area contributed by atoms with Crippen LogP contribution in [0, 0.1) is 19.8 Å². The lowest BCUT2D eigenvalue weighted by Crippen LogP contribution is -2.44. The third-order valence-corrected chi connectivity index (χ3v) is 7.88. The zero-order chi connectivity index (χ0) is 23.2. The normalized spacial score (nSPS) is 21.4. The van der Waals surface area contributed by atoms with Crippen molar-refractivity contribution in [2.24, 2.45) is 5.92 Å². The van der Waals surface area contributed by atoms with Crippen molar-refractivity contribution in [1.29, 1.82) is 0 Å². The van der Waals surface area contributed by atoms with E-state index in [1.165, 1.54) is 29.5 Å². The van der Waals surface area contributed by atoms with Crippen molar-refractivity contribution in [3.8, 4) is 5.69 Å². The second-order valence-electron chi connectivity index (χ2n) is 10.4. The topological polar surface area (TPSA) is 59.4 Å². The van der Waals surface area contributed by atoms with Gasteiger partial charge in [0, 0.05) is 31.3 Å². The summed E-state index contributed by atoms with van der Waals surface area (Å²) in [5, 5.41) is 3.19. The van der Waals surface area contributed by atoms with Gasteiger partial charge in [0.1, 0.15) is 0 Å². The number of hydrogen-bond acceptors (Lipinski definition) is 4. The SMILES string of the molecule is Cc1cc2nc(N3CCC(C(=O)NC4CCOC4)CC3)n(-c3ccc(C4CC4)cc3)c2cc1C. The minimum Gasteiger partial charge on any atom is -0.379 e. The summed E-state index contributed by atoms with van der Waals surface area (Å²) in [6, 6.07) is 13.7. The number of imidazole rings is 1. The van der Waals surface area contributed by atoms with Crippen LogP contribution < -0.4 is 10.2 Å². The minimum absolute atomic E-state index is 0.0667. The predicted octanol–water partition coefficient (Wildman–Crippen LogP) is 4.64. The van der Waals surface area contributed by atoms with Gasteiger partial charge in [-0.3, -0.25) is 9.36 Å². The number of piperidine rings is 1. The molecule has 6 nitrogen and oxygen atoms in total. The van der Waals surface area contributed by atoms with Gasteiger partial charge in [0.25, 0.3) is 0 Å². The van der Waals surface area contributed by atoms with Crippen molar-refractivity contribution < 1.29 is 9.53 Å². The Bertz CT molecular complexity index is 1200. The maximum absolute atomic E-state index is 12.8. The number of carbonyl (C=O) groups excluding carboxylic acids is 1. The van der Waals surface area contributed by atoms with Crippen LogP contribution in [0.15, 0.2) is 36.4 Å². The fourth-order valence-electron chi connectivity index (χ4n) is 5.41. The van der Waals surface area contributed by atoms with Gasteiger partial charge in [-0.05, 0) is 92.8 Å². The van der Waals surface area contributed by atoms with Crippen molar-refractivity contribution in [2.45, 2.75) is 57.9 Å². The van der Waals surface area contributed by atoms with E-state index < -0.39 is 0 Å². The average Bonchev–Trinajstić information content (AvgIpc) is 3.46. The summed E-state index contributed by atoms with van der Waals surface area (Å²) in [5.41, 5.74) is 7.33. The van der Waals surface area contributed by atoms with Gasteiger partial charge < -0.3 is 15.0 Å². The van der Waals surface area contributed by atoms with Crippen molar-refractivity contribution in [3.05, 3.63) is 53.1 Å². The Labute approximate surface area is 201 Å². The fraction of sp³-hybridized carbons (Fsp3) is 0.500. The van der Waals surface area contributed by atoms with Crippen molar-refractivity contribution in [1.82, 2.24) is 14.9 Å². The summed E-state index contributed by atoms with van der Waals surface area (Å²) < 4.78 is 7.72. The first-order valence-corrected chi connectivity index (χ1v) is 12.8. The number of ether oxygens (including phenoxy) is 1. The molecule has 178 valence electrons. The van der Waals surface area contributed by atoms with Crippen molar-refractivity contribution in [3.63, 3.8) is 0 Å². The number of carbonyl (C=O) groups is 1. The third-order valence-electron chi connectivity index (χ3n) is 7.88. The molecule has 3 aliphatic rings. The average molecular weight is 459 g/mol. The Morgan fingerprint density at radius 1 is 1.00 bits per heavy atom. The van der Waals surface area contributed by atoms with E-state index in [0.717, 1.165) is 67.5 Å². The lowest BCUT2D eigenvalue weighted by Gasteiger charge is -2.32. The fourth-order valence-corrected chi connectivity index (χ4v) is 5.41. The minimum atomic E-state index is 0.0667. The number of amides is 1. The van der Waals surface area contributed by atoms with Crippen LogP contribution in [0.4, 0.5) is 5.95 Å². The van der Waals surface area contributed by atoms with E-state index in [2.05, 4.69) is 65.0 Å². The molecule has 2 aromatic carbocycles. The summed E-state index contributed by atoms with van der Waals surface area (Å²) in [7, 11) is 0. The molecule has 1 aliphatic carbocycles. The number of nitrogens with one attached hydrogen (secondary N) is 1. The quantitative estimate of drug-likeness (QED) is 0.605. The van der Waals surface area contributed by atoms with Crippen LogP contribution in [0.25, 0.3) is 16.7 Å². The van der Waals surface area contributed by atoms with Crippen LogP contribution >= 0.6 is 0 Å². The van der Waals surface area contributed by atoms with Gasteiger partial charge in [-0.2, -0.15) is 0 Å². The van der Waals surface area contributed by atoms with Gasteiger partial charge in [0.2, 0.25) is 11.9 Å². The van der Waals surface area contributed by atoms with E-state index in [1.807, 2.05) is 0 Å². The molecule has 1 saturated carbocycles. The molecule has 1 N–H and O–H groups in total. The highest BCUT2D eigenvalue weighted by molar-refractivity contribution is 5.83. The van der Waals surface area contributed by atoms with Gasteiger partial charge in [-0.25, -0.2) is 4.98 Å². The molecule has 6 rings (SSSR count). The second-order valence-corrected chi connectivity index (χ2v) is 10.4. The molecule has 3 aromatic rings. The number of aryl methyl sites for hydroxylation is 2. The second kappa shape index (κ2) is 8.73. The number of hydrogen-bond donors (Lipinski definition) is 1. The molecule has 0 spiro atoms.